The number of nitrogens with zero attached hydrogens (tertiary/aromatic N) is 3. The molecule has 9 heteroatoms. The number of carbonyl (C=O) groups is 1. The van der Waals surface area contributed by atoms with Gasteiger partial charge in [0.05, 0.1) is 11.4 Å². The van der Waals surface area contributed by atoms with Gasteiger partial charge >= 0.3 is 0 Å². The molecule has 1 N–H and O–H groups in total. The number of aromatic nitrogens is 3. The summed E-state index contributed by atoms with van der Waals surface area (Å²) in [6.07, 6.45) is 0. The minimum atomic E-state index is -0.189. The molecule has 2 aromatic carbocycles. The van der Waals surface area contributed by atoms with Crippen molar-refractivity contribution in [1.29, 1.82) is 0 Å². The molecule has 0 atom stereocenters. The van der Waals surface area contributed by atoms with Gasteiger partial charge in [-0.1, -0.05) is 54.2 Å². The van der Waals surface area contributed by atoms with E-state index in [4.69, 9.17) is 9.15 Å². The van der Waals surface area contributed by atoms with E-state index >= 15 is 0 Å². The normalized spacial score (nSPS) is 10.8. The lowest BCUT2D eigenvalue weighted by Gasteiger charge is -2.07. The van der Waals surface area contributed by atoms with Crippen LogP contribution in [0.15, 0.2) is 63.6 Å². The molecule has 0 radical (unpaired) electrons. The Kier molecular flexibility index (Phi) is 6.63. The molecule has 0 bridgehead atoms. The van der Waals surface area contributed by atoms with Crippen LogP contribution in [0.25, 0.3) is 11.3 Å². The third-order valence-corrected chi connectivity index (χ3v) is 5.87. The largest absolute Gasteiger partial charge is 0.484 e. The molecule has 1 amide bonds. The van der Waals surface area contributed by atoms with Crippen LogP contribution >= 0.6 is 23.1 Å². The number of amides is 1. The maximum absolute atomic E-state index is 12.2. The van der Waals surface area contributed by atoms with Crippen molar-refractivity contribution >= 4 is 34.1 Å². The highest BCUT2D eigenvalue weighted by Gasteiger charge is 2.13. The Hall–Kier alpha value is -3.17. The lowest BCUT2D eigenvalue weighted by atomic mass is 10.1. The standard InChI is InChI=1S/C22H20N4O3S2/c1-14-8-9-15(2)18(10-14)28-11-20-25-26-22(29-20)31-13-19(27)24-21-23-17(12-30-21)16-6-4-3-5-7-16/h3-10,12H,11,13H2,1-2H3,(H,23,24,27). The summed E-state index contributed by atoms with van der Waals surface area (Å²) in [6, 6.07) is 15.8. The van der Waals surface area contributed by atoms with Gasteiger partial charge in [-0.3, -0.25) is 4.79 Å². The number of nitrogens with one attached hydrogen (secondary N) is 1. The first kappa shape index (κ1) is 21.1. The summed E-state index contributed by atoms with van der Waals surface area (Å²) >= 11 is 2.55. The highest BCUT2D eigenvalue weighted by Crippen LogP contribution is 2.25. The van der Waals surface area contributed by atoms with Crippen molar-refractivity contribution in [2.75, 3.05) is 11.1 Å². The van der Waals surface area contributed by atoms with E-state index in [0.29, 0.717) is 16.2 Å². The van der Waals surface area contributed by atoms with Gasteiger partial charge < -0.3 is 14.5 Å². The monoisotopic (exact) mass is 452 g/mol. The second kappa shape index (κ2) is 9.76. The van der Waals surface area contributed by atoms with E-state index in [-0.39, 0.29) is 18.3 Å². The molecule has 0 spiro atoms. The van der Waals surface area contributed by atoms with Crippen LogP contribution in [0, 0.1) is 13.8 Å². The fourth-order valence-electron chi connectivity index (χ4n) is 2.71. The second-order valence-electron chi connectivity index (χ2n) is 6.76. The Morgan fingerprint density at radius 1 is 1.16 bits per heavy atom. The van der Waals surface area contributed by atoms with Crippen LogP contribution in [-0.4, -0.2) is 26.8 Å². The Balaban J connectivity index is 1.26. The predicted molar refractivity (Wildman–Crippen MR) is 121 cm³/mol. The van der Waals surface area contributed by atoms with E-state index in [2.05, 4.69) is 20.5 Å². The molecule has 2 aromatic heterocycles. The van der Waals surface area contributed by atoms with Gasteiger partial charge in [0.1, 0.15) is 5.75 Å². The molecule has 2 heterocycles. The van der Waals surface area contributed by atoms with Gasteiger partial charge in [0.2, 0.25) is 5.91 Å². The molecule has 4 rings (SSSR count). The maximum atomic E-state index is 12.2. The van der Waals surface area contributed by atoms with Gasteiger partial charge in [-0.15, -0.1) is 21.5 Å². The van der Waals surface area contributed by atoms with E-state index < -0.39 is 0 Å². The molecule has 4 aromatic rings. The molecule has 0 saturated carbocycles. The van der Waals surface area contributed by atoms with Crippen LogP contribution in [0.2, 0.25) is 0 Å². The first-order valence-corrected chi connectivity index (χ1v) is 11.4. The fraction of sp³-hybridized carbons (Fsp3) is 0.182. The van der Waals surface area contributed by atoms with E-state index in [1.54, 1.807) is 0 Å². The van der Waals surface area contributed by atoms with Gasteiger partial charge in [0.25, 0.3) is 11.1 Å². The number of thioether (sulfide) groups is 1. The van der Waals surface area contributed by atoms with E-state index in [1.165, 1.54) is 23.1 Å². The summed E-state index contributed by atoms with van der Waals surface area (Å²) in [4.78, 5) is 16.7. The van der Waals surface area contributed by atoms with Crippen LogP contribution in [0.1, 0.15) is 17.0 Å². The summed E-state index contributed by atoms with van der Waals surface area (Å²) in [5.41, 5.74) is 3.99. The zero-order valence-corrected chi connectivity index (χ0v) is 18.6. The quantitative estimate of drug-likeness (QED) is 0.371. The lowest BCUT2D eigenvalue weighted by Crippen LogP contribution is -2.13. The van der Waals surface area contributed by atoms with Gasteiger partial charge in [-0.05, 0) is 31.0 Å². The van der Waals surface area contributed by atoms with Gasteiger partial charge in [-0.25, -0.2) is 4.98 Å². The molecule has 0 aliphatic heterocycles. The van der Waals surface area contributed by atoms with Gasteiger partial charge in [-0.2, -0.15) is 0 Å². The Bertz CT molecular complexity index is 1170. The van der Waals surface area contributed by atoms with E-state index in [0.717, 1.165) is 28.1 Å². The number of aryl methyl sites for hydroxylation is 2. The molecule has 7 nitrogen and oxygen atoms in total. The van der Waals surface area contributed by atoms with Crippen molar-refractivity contribution in [1.82, 2.24) is 15.2 Å². The van der Waals surface area contributed by atoms with E-state index in [9.17, 15) is 4.79 Å². The molecule has 0 aliphatic carbocycles. The lowest BCUT2D eigenvalue weighted by molar-refractivity contribution is -0.113. The fourth-order valence-corrected chi connectivity index (χ4v) is 4.03. The number of ether oxygens (including phenoxy) is 1. The zero-order chi connectivity index (χ0) is 21.6. The molecular weight excluding hydrogens is 432 g/mol. The first-order valence-electron chi connectivity index (χ1n) is 9.53. The van der Waals surface area contributed by atoms with Crippen molar-refractivity contribution in [3.63, 3.8) is 0 Å². The van der Waals surface area contributed by atoms with E-state index in [1.807, 2.05) is 67.8 Å². The van der Waals surface area contributed by atoms with Crippen molar-refractivity contribution in [3.05, 3.63) is 70.9 Å². The molecule has 158 valence electrons. The average Bonchev–Trinajstić information content (AvgIpc) is 3.43. The SMILES string of the molecule is Cc1ccc(C)c(OCc2nnc(SCC(=O)Nc3nc(-c4ccccc4)cs3)o2)c1. The third kappa shape index (κ3) is 5.71. The minimum absolute atomic E-state index is 0.139. The maximum Gasteiger partial charge on any atom is 0.277 e. The van der Waals surface area contributed by atoms with Crippen molar-refractivity contribution in [3.8, 4) is 17.0 Å². The minimum Gasteiger partial charge on any atom is -0.484 e. The Morgan fingerprint density at radius 3 is 2.84 bits per heavy atom. The van der Waals surface area contributed by atoms with Crippen LogP contribution in [0.3, 0.4) is 0 Å². The Labute approximate surface area is 187 Å². The number of benzene rings is 2. The van der Waals surface area contributed by atoms with Crippen molar-refractivity contribution in [2.24, 2.45) is 0 Å². The Morgan fingerprint density at radius 2 is 2.00 bits per heavy atom. The topological polar surface area (TPSA) is 90.1 Å². The predicted octanol–water partition coefficient (Wildman–Crippen LogP) is 5.12. The van der Waals surface area contributed by atoms with Crippen molar-refractivity contribution in [2.45, 2.75) is 25.7 Å². The summed E-state index contributed by atoms with van der Waals surface area (Å²) in [7, 11) is 0. The van der Waals surface area contributed by atoms with Crippen LogP contribution in [0.5, 0.6) is 5.75 Å². The smallest absolute Gasteiger partial charge is 0.277 e. The average molecular weight is 453 g/mol. The zero-order valence-electron chi connectivity index (χ0n) is 17.0. The van der Waals surface area contributed by atoms with Gasteiger partial charge in [0, 0.05) is 10.9 Å². The number of rotatable bonds is 8. The third-order valence-electron chi connectivity index (χ3n) is 4.29. The summed E-state index contributed by atoms with van der Waals surface area (Å²) in [6.45, 7) is 4.16. The molecular formula is C22H20N4O3S2. The highest BCUT2D eigenvalue weighted by molar-refractivity contribution is 7.99. The van der Waals surface area contributed by atoms with Gasteiger partial charge in [0.15, 0.2) is 11.7 Å². The number of thiazole rings is 1. The van der Waals surface area contributed by atoms with Crippen LogP contribution in [-0.2, 0) is 11.4 Å². The number of hydrogen-bond acceptors (Lipinski definition) is 8. The number of anilines is 1. The van der Waals surface area contributed by atoms with Crippen molar-refractivity contribution < 1.29 is 13.9 Å². The molecule has 0 unspecified atom stereocenters. The van der Waals surface area contributed by atoms with Crippen LogP contribution in [0.4, 0.5) is 5.13 Å². The number of hydrogen-bond donors (Lipinski definition) is 1. The summed E-state index contributed by atoms with van der Waals surface area (Å²) < 4.78 is 11.3. The summed E-state index contributed by atoms with van der Waals surface area (Å²) in [5.74, 6) is 1.09. The highest BCUT2D eigenvalue weighted by atomic mass is 32.2. The first-order chi connectivity index (χ1) is 15.1. The number of carbonyl (C=O) groups excluding carboxylic acids is 1. The summed E-state index contributed by atoms with van der Waals surface area (Å²) in [5, 5.41) is 13.5. The second-order valence-corrected chi connectivity index (χ2v) is 8.54. The molecule has 31 heavy (non-hydrogen) atoms. The molecule has 0 saturated heterocycles. The van der Waals surface area contributed by atoms with Crippen LogP contribution < -0.4 is 10.1 Å². The molecule has 0 aliphatic rings. The molecule has 0 fully saturated rings.